The van der Waals surface area contributed by atoms with Crippen LogP contribution in [0.1, 0.15) is 12.6 Å². The first-order chi connectivity index (χ1) is 11.7. The third kappa shape index (κ3) is 3.46. The predicted molar refractivity (Wildman–Crippen MR) is 92.9 cm³/mol. The second-order valence-electron chi connectivity index (χ2n) is 5.41. The first kappa shape index (κ1) is 16.2. The fraction of sp³-hybridized carbons (Fsp3) is 0.211. The summed E-state index contributed by atoms with van der Waals surface area (Å²) < 4.78 is 20.5. The predicted octanol–water partition coefficient (Wildman–Crippen LogP) is 3.58. The number of benzene rings is 2. The molecule has 2 N–H and O–H groups in total. The van der Waals surface area contributed by atoms with Crippen molar-refractivity contribution < 1.29 is 9.13 Å². The van der Waals surface area contributed by atoms with Crippen LogP contribution < -0.4 is 10.5 Å². The Balaban J connectivity index is 2.03. The van der Waals surface area contributed by atoms with Gasteiger partial charge in [0.25, 0.3) is 0 Å². The summed E-state index contributed by atoms with van der Waals surface area (Å²) in [6.45, 7) is 3.12. The highest BCUT2D eigenvalue weighted by molar-refractivity contribution is 5.63. The van der Waals surface area contributed by atoms with Gasteiger partial charge in [-0.3, -0.25) is 0 Å². The molecule has 24 heavy (non-hydrogen) atoms. The van der Waals surface area contributed by atoms with E-state index in [1.807, 2.05) is 41.9 Å². The largest absolute Gasteiger partial charge is 0.494 e. The van der Waals surface area contributed by atoms with Crippen molar-refractivity contribution in [2.24, 2.45) is 5.73 Å². The Kier molecular flexibility index (Phi) is 4.91. The van der Waals surface area contributed by atoms with Crippen molar-refractivity contribution in [3.05, 3.63) is 66.1 Å². The maximum absolute atomic E-state index is 13.2. The molecule has 124 valence electrons. The van der Waals surface area contributed by atoms with Crippen LogP contribution in [0, 0.1) is 5.82 Å². The summed E-state index contributed by atoms with van der Waals surface area (Å²) in [5.74, 6) is 0.562. The number of aromatic nitrogens is 2. The average Bonchev–Trinajstić information content (AvgIpc) is 3.01. The Hall–Kier alpha value is -2.66. The van der Waals surface area contributed by atoms with Gasteiger partial charge in [0, 0.05) is 12.0 Å². The zero-order chi connectivity index (χ0) is 16.9. The van der Waals surface area contributed by atoms with Gasteiger partial charge in [-0.2, -0.15) is 5.10 Å². The molecule has 3 aromatic rings. The first-order valence-corrected chi connectivity index (χ1v) is 7.99. The minimum Gasteiger partial charge on any atom is -0.494 e. The molecule has 0 radical (unpaired) electrons. The molecule has 0 atom stereocenters. The van der Waals surface area contributed by atoms with Gasteiger partial charge in [0.1, 0.15) is 11.6 Å². The van der Waals surface area contributed by atoms with Gasteiger partial charge in [0.15, 0.2) is 0 Å². The molecule has 1 heterocycles. The van der Waals surface area contributed by atoms with E-state index in [-0.39, 0.29) is 5.82 Å². The molecule has 0 saturated heterocycles. The van der Waals surface area contributed by atoms with Crippen molar-refractivity contribution in [1.29, 1.82) is 0 Å². The summed E-state index contributed by atoms with van der Waals surface area (Å²) >= 11 is 0. The molecular formula is C19H20FN3O. The molecule has 2 aromatic carbocycles. The summed E-state index contributed by atoms with van der Waals surface area (Å²) in [5.41, 5.74) is 9.32. The second kappa shape index (κ2) is 7.27. The van der Waals surface area contributed by atoms with Crippen LogP contribution >= 0.6 is 0 Å². The molecule has 0 saturated carbocycles. The molecule has 0 bridgehead atoms. The van der Waals surface area contributed by atoms with E-state index >= 15 is 0 Å². The molecule has 0 unspecified atom stereocenters. The van der Waals surface area contributed by atoms with Gasteiger partial charge in [0.2, 0.25) is 0 Å². The summed E-state index contributed by atoms with van der Waals surface area (Å²) in [7, 11) is 0. The normalized spacial score (nSPS) is 10.8. The highest BCUT2D eigenvalue weighted by atomic mass is 19.1. The maximum atomic E-state index is 13.2. The summed E-state index contributed by atoms with van der Waals surface area (Å²) in [5, 5.41) is 4.62. The number of nitrogens with two attached hydrogens (primary N) is 1. The zero-order valence-corrected chi connectivity index (χ0v) is 13.6. The Morgan fingerprint density at radius 3 is 2.42 bits per heavy atom. The SMILES string of the molecule is CCOc1ccc(-c2cc(CCN)nn2-c2ccc(F)cc2)cc1. The number of nitrogens with zero attached hydrogens (tertiary/aromatic N) is 2. The van der Waals surface area contributed by atoms with Gasteiger partial charge in [-0.15, -0.1) is 0 Å². The van der Waals surface area contributed by atoms with Crippen molar-refractivity contribution in [3.8, 4) is 22.7 Å². The Labute approximate surface area is 140 Å². The second-order valence-corrected chi connectivity index (χ2v) is 5.41. The Morgan fingerprint density at radius 1 is 1.08 bits per heavy atom. The summed E-state index contributed by atoms with van der Waals surface area (Å²) in [4.78, 5) is 0. The maximum Gasteiger partial charge on any atom is 0.123 e. The van der Waals surface area contributed by atoms with Gasteiger partial charge in [-0.05, 0) is 68.1 Å². The molecule has 4 nitrogen and oxygen atoms in total. The summed E-state index contributed by atoms with van der Waals surface area (Å²) in [6.07, 6.45) is 0.693. The Bertz CT molecular complexity index is 794. The first-order valence-electron chi connectivity index (χ1n) is 7.99. The van der Waals surface area contributed by atoms with Crippen LogP contribution in [0.25, 0.3) is 16.9 Å². The molecule has 0 fully saturated rings. The van der Waals surface area contributed by atoms with E-state index in [0.717, 1.165) is 28.4 Å². The van der Waals surface area contributed by atoms with E-state index in [2.05, 4.69) is 5.10 Å². The van der Waals surface area contributed by atoms with E-state index in [0.29, 0.717) is 19.6 Å². The lowest BCUT2D eigenvalue weighted by molar-refractivity contribution is 0.340. The van der Waals surface area contributed by atoms with Crippen LogP contribution in [-0.4, -0.2) is 22.9 Å². The molecule has 1 aromatic heterocycles. The molecule has 0 amide bonds. The molecule has 0 aliphatic heterocycles. The van der Waals surface area contributed by atoms with Gasteiger partial charge in [0.05, 0.1) is 23.7 Å². The number of ether oxygens (including phenoxy) is 1. The lowest BCUT2D eigenvalue weighted by Gasteiger charge is -2.09. The molecule has 5 heteroatoms. The van der Waals surface area contributed by atoms with Gasteiger partial charge < -0.3 is 10.5 Å². The van der Waals surface area contributed by atoms with E-state index in [4.69, 9.17) is 10.5 Å². The topological polar surface area (TPSA) is 53.1 Å². The van der Waals surface area contributed by atoms with Gasteiger partial charge >= 0.3 is 0 Å². The van der Waals surface area contributed by atoms with E-state index in [1.165, 1.54) is 12.1 Å². The minimum atomic E-state index is -0.268. The smallest absolute Gasteiger partial charge is 0.123 e. The Morgan fingerprint density at radius 2 is 1.79 bits per heavy atom. The van der Waals surface area contributed by atoms with Gasteiger partial charge in [-0.1, -0.05) is 0 Å². The fourth-order valence-corrected chi connectivity index (χ4v) is 2.57. The third-order valence-corrected chi connectivity index (χ3v) is 3.69. The highest BCUT2D eigenvalue weighted by Gasteiger charge is 2.12. The van der Waals surface area contributed by atoms with E-state index in [9.17, 15) is 4.39 Å². The lowest BCUT2D eigenvalue weighted by Crippen LogP contribution is -2.04. The van der Waals surface area contributed by atoms with Crippen LogP contribution in [-0.2, 0) is 6.42 Å². The van der Waals surface area contributed by atoms with E-state index in [1.54, 1.807) is 12.1 Å². The standard InChI is InChI=1S/C19H20FN3O/c1-2-24-18-9-3-14(4-10-18)19-13-16(11-12-21)22-23(19)17-7-5-15(20)6-8-17/h3-10,13H,2,11-12,21H2,1H3. The van der Waals surface area contributed by atoms with Crippen molar-refractivity contribution in [2.75, 3.05) is 13.2 Å². The van der Waals surface area contributed by atoms with Crippen molar-refractivity contribution >= 4 is 0 Å². The highest BCUT2D eigenvalue weighted by Crippen LogP contribution is 2.26. The van der Waals surface area contributed by atoms with Crippen LogP contribution in [0.3, 0.4) is 0 Å². The number of hydrogen-bond donors (Lipinski definition) is 1. The van der Waals surface area contributed by atoms with Crippen LogP contribution in [0.2, 0.25) is 0 Å². The quantitative estimate of drug-likeness (QED) is 0.754. The van der Waals surface area contributed by atoms with Crippen LogP contribution in [0.15, 0.2) is 54.6 Å². The molecule has 0 aliphatic rings. The van der Waals surface area contributed by atoms with Crippen molar-refractivity contribution in [2.45, 2.75) is 13.3 Å². The third-order valence-electron chi connectivity index (χ3n) is 3.69. The van der Waals surface area contributed by atoms with Gasteiger partial charge in [-0.25, -0.2) is 9.07 Å². The molecule has 0 spiro atoms. The lowest BCUT2D eigenvalue weighted by atomic mass is 10.1. The number of hydrogen-bond acceptors (Lipinski definition) is 3. The molecule has 3 rings (SSSR count). The number of halogens is 1. The van der Waals surface area contributed by atoms with Crippen molar-refractivity contribution in [3.63, 3.8) is 0 Å². The average molecular weight is 325 g/mol. The monoisotopic (exact) mass is 325 g/mol. The van der Waals surface area contributed by atoms with Crippen LogP contribution in [0.5, 0.6) is 5.75 Å². The zero-order valence-electron chi connectivity index (χ0n) is 13.6. The fourth-order valence-electron chi connectivity index (χ4n) is 2.57. The van der Waals surface area contributed by atoms with Crippen molar-refractivity contribution in [1.82, 2.24) is 9.78 Å². The minimum absolute atomic E-state index is 0.268. The number of rotatable bonds is 6. The molecule has 0 aliphatic carbocycles. The van der Waals surface area contributed by atoms with Crippen LogP contribution in [0.4, 0.5) is 4.39 Å². The summed E-state index contributed by atoms with van der Waals surface area (Å²) in [6, 6.07) is 16.2. The van der Waals surface area contributed by atoms with E-state index < -0.39 is 0 Å². The molecular weight excluding hydrogens is 305 g/mol.